The Morgan fingerprint density at radius 1 is 0.714 bits per heavy atom. The van der Waals surface area contributed by atoms with Crippen molar-refractivity contribution in [3.63, 3.8) is 0 Å². The smallest absolute Gasteiger partial charge is 0.297 e. The topological polar surface area (TPSA) is 99.3 Å². The van der Waals surface area contributed by atoms with Crippen molar-refractivity contribution in [2.45, 2.75) is 4.90 Å². The summed E-state index contributed by atoms with van der Waals surface area (Å²) in [6, 6.07) is 20.5. The van der Waals surface area contributed by atoms with Crippen LogP contribution in [0.4, 0.5) is 11.4 Å². The quantitative estimate of drug-likeness (QED) is 0.253. The molecule has 0 aromatic heterocycles. The Labute approximate surface area is 198 Å². The van der Waals surface area contributed by atoms with Gasteiger partial charge < -0.3 is 5.11 Å². The van der Waals surface area contributed by atoms with E-state index < -0.39 is 10.1 Å². The number of fused-ring (bicyclic) bond motifs is 2. The monoisotopic (exact) mass is 466 g/mol. The molecule has 0 saturated carbocycles. The van der Waals surface area contributed by atoms with E-state index in [1.54, 1.807) is 48.5 Å². The molecular weight excluding hydrogens is 452 g/mol. The zero-order valence-electron chi connectivity index (χ0n) is 14.6. The summed E-state index contributed by atoms with van der Waals surface area (Å²) in [7, 11) is -4.53. The Morgan fingerprint density at radius 3 is 1.96 bits per heavy atom. The molecule has 4 aromatic carbocycles. The molecule has 0 heterocycles. The van der Waals surface area contributed by atoms with Gasteiger partial charge in [-0.2, -0.15) is 8.42 Å². The molecular formula is C20H14N2O4SSr. The Morgan fingerprint density at radius 2 is 1.29 bits per heavy atom. The van der Waals surface area contributed by atoms with Gasteiger partial charge in [0, 0.05) is 56.3 Å². The molecule has 2 radical (unpaired) electrons. The van der Waals surface area contributed by atoms with Crippen LogP contribution in [0.1, 0.15) is 0 Å². The maximum absolute atomic E-state index is 12.0. The first-order valence-corrected chi connectivity index (χ1v) is 9.51. The average molecular weight is 466 g/mol. The summed E-state index contributed by atoms with van der Waals surface area (Å²) in [5.41, 5.74) is 0.214. The summed E-state index contributed by atoms with van der Waals surface area (Å²) in [6.45, 7) is 0. The Kier molecular flexibility index (Phi) is 6.19. The molecule has 2 N–H and O–H groups in total. The van der Waals surface area contributed by atoms with Crippen LogP contribution in [0.3, 0.4) is 0 Å². The molecule has 0 aliphatic rings. The Hall–Kier alpha value is -1.81. The fourth-order valence-corrected chi connectivity index (χ4v) is 3.87. The largest absolute Gasteiger partial charge is 0.506 e. The van der Waals surface area contributed by atoms with Crippen LogP contribution in [0.25, 0.3) is 21.5 Å². The van der Waals surface area contributed by atoms with Crippen molar-refractivity contribution in [3.05, 3.63) is 72.8 Å². The molecule has 0 saturated heterocycles. The summed E-state index contributed by atoms with van der Waals surface area (Å²) in [5, 5.41) is 20.8. The Bertz CT molecular complexity index is 1320. The SMILES string of the molecule is O=S(=O)(O)c1c(N=Nc2c(O)ccc3ccccc23)ccc2ccccc12.[Sr]. The number of phenolic OH excluding ortho intramolecular Hbond substituents is 1. The molecule has 0 aliphatic heterocycles. The number of hydrogen-bond donors (Lipinski definition) is 2. The maximum Gasteiger partial charge on any atom is 0.297 e. The van der Waals surface area contributed by atoms with Gasteiger partial charge in [0.05, 0.1) is 0 Å². The fraction of sp³-hybridized carbons (Fsp3) is 0. The molecule has 4 aromatic rings. The molecule has 0 bridgehead atoms. The number of azo groups is 1. The van der Waals surface area contributed by atoms with Crippen molar-refractivity contribution in [1.29, 1.82) is 0 Å². The van der Waals surface area contributed by atoms with E-state index in [4.69, 9.17) is 0 Å². The second-order valence-electron chi connectivity index (χ2n) is 5.96. The minimum absolute atomic E-state index is 0. The van der Waals surface area contributed by atoms with E-state index in [9.17, 15) is 18.1 Å². The fourth-order valence-electron chi connectivity index (χ4n) is 3.03. The first-order chi connectivity index (χ1) is 12.9. The van der Waals surface area contributed by atoms with Gasteiger partial charge in [0.15, 0.2) is 0 Å². The molecule has 0 fully saturated rings. The van der Waals surface area contributed by atoms with E-state index in [0.717, 1.165) is 5.39 Å². The number of nitrogens with zero attached hydrogens (tertiary/aromatic N) is 2. The van der Waals surface area contributed by atoms with Crippen LogP contribution < -0.4 is 0 Å². The van der Waals surface area contributed by atoms with Crippen LogP contribution in [-0.4, -0.2) is 63.6 Å². The molecule has 4 rings (SSSR count). The van der Waals surface area contributed by atoms with Crippen LogP contribution in [0.5, 0.6) is 5.75 Å². The first kappa shape index (κ1) is 20.9. The summed E-state index contributed by atoms with van der Waals surface area (Å²) in [6.07, 6.45) is 0. The molecule has 0 amide bonds. The van der Waals surface area contributed by atoms with Gasteiger partial charge >= 0.3 is 0 Å². The molecule has 28 heavy (non-hydrogen) atoms. The second-order valence-corrected chi connectivity index (χ2v) is 7.32. The van der Waals surface area contributed by atoms with Gasteiger partial charge in [0.1, 0.15) is 22.0 Å². The molecule has 0 unspecified atom stereocenters. The third kappa shape index (κ3) is 3.98. The standard InChI is InChI=1S/C20H14N2O4S.Sr/c23-18-12-10-13-5-1-3-7-15(13)19(18)22-21-17-11-9-14-6-2-4-8-16(14)20(17)27(24,25)26;/h1-12,23H,(H,24,25,26);. The van der Waals surface area contributed by atoms with Gasteiger partial charge in [-0.05, 0) is 22.9 Å². The van der Waals surface area contributed by atoms with Gasteiger partial charge in [-0.1, -0.05) is 60.7 Å². The molecule has 8 heteroatoms. The van der Waals surface area contributed by atoms with E-state index in [-0.39, 0.29) is 67.5 Å². The van der Waals surface area contributed by atoms with Crippen molar-refractivity contribution in [2.24, 2.45) is 10.2 Å². The molecule has 0 atom stereocenters. The van der Waals surface area contributed by atoms with Crippen LogP contribution >= 0.6 is 0 Å². The summed E-state index contributed by atoms with van der Waals surface area (Å²) < 4.78 is 33.6. The van der Waals surface area contributed by atoms with Crippen LogP contribution in [0.2, 0.25) is 0 Å². The summed E-state index contributed by atoms with van der Waals surface area (Å²) in [5.74, 6) is -0.0772. The van der Waals surface area contributed by atoms with E-state index in [2.05, 4.69) is 10.2 Å². The van der Waals surface area contributed by atoms with E-state index in [1.165, 1.54) is 12.1 Å². The third-order valence-electron chi connectivity index (χ3n) is 4.25. The van der Waals surface area contributed by atoms with E-state index >= 15 is 0 Å². The maximum atomic E-state index is 12.0. The van der Waals surface area contributed by atoms with Gasteiger partial charge in [-0.15, -0.1) is 10.2 Å². The van der Waals surface area contributed by atoms with Crippen molar-refractivity contribution in [2.75, 3.05) is 0 Å². The zero-order chi connectivity index (χ0) is 19.0. The summed E-state index contributed by atoms with van der Waals surface area (Å²) >= 11 is 0. The van der Waals surface area contributed by atoms with Gasteiger partial charge in [-0.3, -0.25) is 4.55 Å². The number of aromatic hydroxyl groups is 1. The predicted octanol–water partition coefficient (Wildman–Crippen LogP) is 4.98. The number of phenols is 1. The normalized spacial score (nSPS) is 11.8. The van der Waals surface area contributed by atoms with Crippen molar-refractivity contribution >= 4 is 88.5 Å². The van der Waals surface area contributed by atoms with Crippen molar-refractivity contribution in [1.82, 2.24) is 0 Å². The minimum atomic E-state index is -4.53. The predicted molar refractivity (Wildman–Crippen MR) is 109 cm³/mol. The second kappa shape index (κ2) is 8.28. The number of benzene rings is 4. The minimum Gasteiger partial charge on any atom is -0.506 e. The molecule has 136 valence electrons. The van der Waals surface area contributed by atoms with Crippen LogP contribution in [-0.2, 0) is 10.1 Å². The van der Waals surface area contributed by atoms with Crippen molar-refractivity contribution < 1.29 is 18.1 Å². The average Bonchev–Trinajstić information content (AvgIpc) is 2.66. The van der Waals surface area contributed by atoms with Gasteiger partial charge in [0.25, 0.3) is 10.1 Å². The van der Waals surface area contributed by atoms with Crippen LogP contribution in [0.15, 0.2) is 87.9 Å². The molecule has 0 aliphatic carbocycles. The third-order valence-corrected chi connectivity index (χ3v) is 5.20. The van der Waals surface area contributed by atoms with Crippen LogP contribution in [0, 0.1) is 0 Å². The molecule has 6 nitrogen and oxygen atoms in total. The zero-order valence-corrected chi connectivity index (χ0v) is 18.9. The van der Waals surface area contributed by atoms with E-state index in [0.29, 0.717) is 16.2 Å². The van der Waals surface area contributed by atoms with E-state index in [1.807, 2.05) is 12.1 Å². The summed E-state index contributed by atoms with van der Waals surface area (Å²) in [4.78, 5) is -0.316. The molecule has 0 spiro atoms. The van der Waals surface area contributed by atoms with Crippen molar-refractivity contribution in [3.8, 4) is 5.75 Å². The van der Waals surface area contributed by atoms with Gasteiger partial charge in [-0.25, -0.2) is 0 Å². The Balaban J connectivity index is 0.00000225. The van der Waals surface area contributed by atoms with Gasteiger partial charge in [0.2, 0.25) is 0 Å². The first-order valence-electron chi connectivity index (χ1n) is 8.07. The number of hydrogen-bond acceptors (Lipinski definition) is 5. The number of rotatable bonds is 3.